The van der Waals surface area contributed by atoms with Crippen molar-refractivity contribution in [1.82, 2.24) is 10.3 Å². The van der Waals surface area contributed by atoms with E-state index in [1.54, 1.807) is 18.3 Å². The quantitative estimate of drug-likeness (QED) is 0.323. The molecule has 1 fully saturated rings. The number of anilines is 1. The number of methoxy groups -OCH3 is 1. The first-order chi connectivity index (χ1) is 16.2. The van der Waals surface area contributed by atoms with E-state index in [-0.39, 0.29) is 18.1 Å². The van der Waals surface area contributed by atoms with E-state index in [2.05, 4.69) is 15.2 Å². The zero-order chi connectivity index (χ0) is 22.8. The number of pyridine rings is 1. The van der Waals surface area contributed by atoms with Crippen molar-refractivity contribution >= 4 is 29.0 Å². The van der Waals surface area contributed by atoms with Crippen LogP contribution >= 0.6 is 12.2 Å². The van der Waals surface area contributed by atoms with E-state index >= 15 is 0 Å². The Morgan fingerprint density at radius 3 is 2.61 bits per heavy atom. The van der Waals surface area contributed by atoms with Gasteiger partial charge in [0.15, 0.2) is 5.11 Å². The summed E-state index contributed by atoms with van der Waals surface area (Å²) in [5.41, 5.74) is 3.09. The van der Waals surface area contributed by atoms with Gasteiger partial charge in [-0.25, -0.2) is 4.79 Å². The summed E-state index contributed by atoms with van der Waals surface area (Å²) in [6.07, 6.45) is 1.77. The lowest BCUT2D eigenvalue weighted by Gasteiger charge is -2.26. The van der Waals surface area contributed by atoms with Crippen molar-refractivity contribution in [1.29, 1.82) is 0 Å². The molecule has 0 bridgehead atoms. The van der Waals surface area contributed by atoms with Gasteiger partial charge in [0, 0.05) is 17.4 Å². The van der Waals surface area contributed by atoms with Gasteiger partial charge in [-0.2, -0.15) is 0 Å². The maximum atomic E-state index is 12.0. The molecule has 4 aromatic rings. The first-order valence-corrected chi connectivity index (χ1v) is 10.9. The predicted molar refractivity (Wildman–Crippen MR) is 130 cm³/mol. The molecule has 1 N–H and O–H groups in total. The van der Waals surface area contributed by atoms with Gasteiger partial charge in [0.1, 0.15) is 17.6 Å². The molecule has 0 unspecified atom stereocenters. The fourth-order valence-corrected chi connectivity index (χ4v) is 4.44. The molecule has 0 radical (unpaired) electrons. The van der Waals surface area contributed by atoms with E-state index in [0.29, 0.717) is 16.4 Å². The van der Waals surface area contributed by atoms with E-state index in [0.717, 1.165) is 22.7 Å². The zero-order valence-corrected chi connectivity index (χ0v) is 18.7. The molecule has 3 heterocycles. The van der Waals surface area contributed by atoms with Crippen molar-refractivity contribution < 1.29 is 13.9 Å². The molecule has 7 heteroatoms. The Morgan fingerprint density at radius 1 is 1.03 bits per heavy atom. The molecule has 0 saturated carbocycles. The third-order valence-electron chi connectivity index (χ3n) is 5.62. The number of thiocarbonyl (C=S) groups is 1. The van der Waals surface area contributed by atoms with Crippen molar-refractivity contribution in [3.63, 3.8) is 0 Å². The second-order valence-corrected chi connectivity index (χ2v) is 7.99. The Balaban J connectivity index is 1.57. The van der Waals surface area contributed by atoms with Crippen LogP contribution in [0.5, 0.6) is 0 Å². The van der Waals surface area contributed by atoms with Gasteiger partial charge >= 0.3 is 5.97 Å². The van der Waals surface area contributed by atoms with Crippen LogP contribution in [0.4, 0.5) is 5.69 Å². The summed E-state index contributed by atoms with van der Waals surface area (Å²) in [6, 6.07) is 26.4. The van der Waals surface area contributed by atoms with Gasteiger partial charge < -0.3 is 19.4 Å². The van der Waals surface area contributed by atoms with Crippen molar-refractivity contribution in [2.24, 2.45) is 0 Å². The minimum absolute atomic E-state index is 0.195. The summed E-state index contributed by atoms with van der Waals surface area (Å²) >= 11 is 5.73. The molecule has 6 nitrogen and oxygen atoms in total. The number of esters is 1. The first-order valence-electron chi connectivity index (χ1n) is 10.5. The number of carbonyl (C=O) groups is 1. The Bertz CT molecular complexity index is 1290. The number of para-hydroxylation sites is 1. The van der Waals surface area contributed by atoms with Crippen LogP contribution in [0.25, 0.3) is 11.3 Å². The summed E-state index contributed by atoms with van der Waals surface area (Å²) in [7, 11) is 1.37. The highest BCUT2D eigenvalue weighted by molar-refractivity contribution is 7.80. The van der Waals surface area contributed by atoms with E-state index < -0.39 is 0 Å². The molecule has 164 valence electrons. The van der Waals surface area contributed by atoms with Crippen molar-refractivity contribution in [3.05, 3.63) is 108 Å². The number of hydrogen-bond donors (Lipinski definition) is 1. The highest BCUT2D eigenvalue weighted by Gasteiger charge is 2.42. The molecular weight excluding hydrogens is 434 g/mol. The second kappa shape index (κ2) is 8.88. The Labute approximate surface area is 196 Å². The lowest BCUT2D eigenvalue weighted by atomic mass is 10.0. The summed E-state index contributed by atoms with van der Waals surface area (Å²) in [5.74, 6) is 1.00. The molecule has 2 aromatic heterocycles. The monoisotopic (exact) mass is 455 g/mol. The number of aromatic nitrogens is 1. The molecule has 2 atom stereocenters. The molecule has 0 aliphatic carbocycles. The van der Waals surface area contributed by atoms with Crippen LogP contribution in [0.15, 0.2) is 95.5 Å². The van der Waals surface area contributed by atoms with Crippen molar-refractivity contribution in [2.75, 3.05) is 12.0 Å². The third-order valence-corrected chi connectivity index (χ3v) is 5.93. The molecule has 1 aliphatic rings. The fraction of sp³-hybridized carbons (Fsp3) is 0.115. The molecule has 1 aliphatic heterocycles. The topological polar surface area (TPSA) is 67.6 Å². The minimum atomic E-state index is -0.389. The average molecular weight is 456 g/mol. The van der Waals surface area contributed by atoms with Gasteiger partial charge in [-0.1, -0.05) is 36.4 Å². The predicted octanol–water partition coefficient (Wildman–Crippen LogP) is 5.31. The smallest absolute Gasteiger partial charge is 0.337 e. The molecule has 33 heavy (non-hydrogen) atoms. The summed E-state index contributed by atoms with van der Waals surface area (Å²) < 4.78 is 11.2. The van der Waals surface area contributed by atoms with Crippen molar-refractivity contribution in [3.8, 4) is 11.3 Å². The van der Waals surface area contributed by atoms with Gasteiger partial charge in [0.05, 0.1) is 24.4 Å². The second-order valence-electron chi connectivity index (χ2n) is 7.61. The summed E-state index contributed by atoms with van der Waals surface area (Å²) in [6.45, 7) is 0. The largest absolute Gasteiger partial charge is 0.465 e. The molecule has 0 spiro atoms. The molecule has 0 amide bonds. The number of nitrogens with zero attached hydrogens (tertiary/aromatic N) is 2. The lowest BCUT2D eigenvalue weighted by Crippen LogP contribution is -2.29. The van der Waals surface area contributed by atoms with Gasteiger partial charge in [-0.15, -0.1) is 0 Å². The van der Waals surface area contributed by atoms with E-state index in [1.165, 1.54) is 7.11 Å². The SMILES string of the molecule is COC(=O)c1cccc(-c2ccc([C@@H]3[C@@H](c4ccccn4)NC(=S)N3c3ccccc3)o2)c1. The Morgan fingerprint density at radius 2 is 1.85 bits per heavy atom. The molecular formula is C26H21N3O3S. The zero-order valence-electron chi connectivity index (χ0n) is 17.8. The maximum absolute atomic E-state index is 12.0. The first kappa shape index (κ1) is 20.9. The number of benzene rings is 2. The Hall–Kier alpha value is -3.97. The maximum Gasteiger partial charge on any atom is 0.337 e. The van der Waals surface area contributed by atoms with Gasteiger partial charge in [-0.05, 0) is 60.7 Å². The molecule has 1 saturated heterocycles. The van der Waals surface area contributed by atoms with E-state index in [9.17, 15) is 4.79 Å². The molecule has 5 rings (SSSR count). The average Bonchev–Trinajstić information content (AvgIpc) is 3.49. The number of rotatable bonds is 5. The van der Waals surface area contributed by atoms with Crippen LogP contribution in [-0.2, 0) is 4.74 Å². The van der Waals surface area contributed by atoms with E-state index in [4.69, 9.17) is 21.4 Å². The van der Waals surface area contributed by atoms with E-state index in [1.807, 2.05) is 72.8 Å². The minimum Gasteiger partial charge on any atom is -0.465 e. The normalized spacial score (nSPS) is 17.6. The number of hydrogen-bond acceptors (Lipinski definition) is 5. The van der Waals surface area contributed by atoms with Crippen LogP contribution in [0.1, 0.15) is 33.9 Å². The summed E-state index contributed by atoms with van der Waals surface area (Å²) in [5, 5.41) is 4.03. The van der Waals surface area contributed by atoms with Crippen LogP contribution in [-0.4, -0.2) is 23.2 Å². The van der Waals surface area contributed by atoms with Gasteiger partial charge in [-0.3, -0.25) is 4.98 Å². The van der Waals surface area contributed by atoms with Crippen LogP contribution in [0, 0.1) is 0 Å². The number of ether oxygens (including phenoxy) is 1. The highest BCUT2D eigenvalue weighted by Crippen LogP contribution is 2.42. The lowest BCUT2D eigenvalue weighted by molar-refractivity contribution is 0.0601. The van der Waals surface area contributed by atoms with Crippen LogP contribution in [0.2, 0.25) is 0 Å². The number of furan rings is 1. The highest BCUT2D eigenvalue weighted by atomic mass is 32.1. The fourth-order valence-electron chi connectivity index (χ4n) is 4.09. The van der Waals surface area contributed by atoms with Gasteiger partial charge in [0.2, 0.25) is 0 Å². The van der Waals surface area contributed by atoms with Crippen molar-refractivity contribution in [2.45, 2.75) is 12.1 Å². The Kier molecular flexibility index (Phi) is 5.62. The van der Waals surface area contributed by atoms with Crippen LogP contribution < -0.4 is 10.2 Å². The number of nitrogens with one attached hydrogen (secondary N) is 1. The van der Waals surface area contributed by atoms with Crippen LogP contribution in [0.3, 0.4) is 0 Å². The standard InChI is InChI=1S/C26H21N3O3S/c1-31-25(30)18-9-7-8-17(16-18)21-13-14-22(32-21)24-23(20-12-5-6-15-27-20)28-26(33)29(24)19-10-3-2-4-11-19/h2-16,23-24H,1H3,(H,28,33)/t23-,24-/m1/s1. The summed E-state index contributed by atoms with van der Waals surface area (Å²) in [4.78, 5) is 18.6. The number of carbonyl (C=O) groups excluding carboxylic acids is 1. The third kappa shape index (κ3) is 3.99. The molecule has 2 aromatic carbocycles. The van der Waals surface area contributed by atoms with Gasteiger partial charge in [0.25, 0.3) is 0 Å².